The first-order valence-corrected chi connectivity index (χ1v) is 8.90. The number of hydrogen-bond acceptors (Lipinski definition) is 4. The van der Waals surface area contributed by atoms with Crippen LogP contribution in [0.25, 0.3) is 0 Å². The van der Waals surface area contributed by atoms with E-state index in [4.69, 9.17) is 10.5 Å². The molecule has 0 unspecified atom stereocenters. The number of primary amides is 1. The lowest BCUT2D eigenvalue weighted by Crippen LogP contribution is -2.19. The summed E-state index contributed by atoms with van der Waals surface area (Å²) in [6.07, 6.45) is 0. The van der Waals surface area contributed by atoms with E-state index in [2.05, 4.69) is 4.72 Å². The Morgan fingerprint density at radius 3 is 2.46 bits per heavy atom. The molecule has 0 saturated heterocycles. The molecular weight excluding hydrogens is 328 g/mol. The quantitative estimate of drug-likeness (QED) is 0.838. The van der Waals surface area contributed by atoms with Crippen molar-refractivity contribution < 1.29 is 17.9 Å². The molecule has 0 heterocycles. The topological polar surface area (TPSA) is 98.5 Å². The van der Waals surface area contributed by atoms with Gasteiger partial charge in [0.25, 0.3) is 15.9 Å². The van der Waals surface area contributed by atoms with Gasteiger partial charge in [0.15, 0.2) is 0 Å². The molecule has 0 aliphatic carbocycles. The molecule has 0 saturated carbocycles. The Kier molecular flexibility index (Phi) is 5.14. The van der Waals surface area contributed by atoms with Gasteiger partial charge in [-0.1, -0.05) is 12.1 Å². The summed E-state index contributed by atoms with van der Waals surface area (Å²) in [4.78, 5) is 11.6. The molecule has 3 N–H and O–H groups in total. The smallest absolute Gasteiger partial charge is 0.262 e. The first-order chi connectivity index (χ1) is 11.3. The maximum atomic E-state index is 12.7. The Morgan fingerprint density at radius 2 is 1.83 bits per heavy atom. The zero-order chi connectivity index (χ0) is 17.9. The number of nitrogens with one attached hydrogen (secondary N) is 1. The SMILES string of the molecule is CCOc1cc(C)c(S(=O)(=O)Nc2ccccc2C(N)=O)cc1C. The van der Waals surface area contributed by atoms with Crippen molar-refractivity contribution in [3.05, 3.63) is 53.1 Å². The molecule has 2 aromatic rings. The molecule has 0 aliphatic rings. The summed E-state index contributed by atoms with van der Waals surface area (Å²) in [5.74, 6) is -0.0561. The number of anilines is 1. The van der Waals surface area contributed by atoms with Crippen LogP contribution < -0.4 is 15.2 Å². The van der Waals surface area contributed by atoms with E-state index in [-0.39, 0.29) is 16.1 Å². The number of para-hydroxylation sites is 1. The molecule has 0 radical (unpaired) electrons. The Labute approximate surface area is 141 Å². The fourth-order valence-corrected chi connectivity index (χ4v) is 3.74. The van der Waals surface area contributed by atoms with Gasteiger partial charge >= 0.3 is 0 Å². The summed E-state index contributed by atoms with van der Waals surface area (Å²) in [6, 6.07) is 9.44. The normalized spacial score (nSPS) is 11.1. The highest BCUT2D eigenvalue weighted by Gasteiger charge is 2.21. The van der Waals surface area contributed by atoms with Crippen LogP contribution in [0.2, 0.25) is 0 Å². The molecule has 128 valence electrons. The van der Waals surface area contributed by atoms with Crippen LogP contribution in [0.1, 0.15) is 28.4 Å². The van der Waals surface area contributed by atoms with Gasteiger partial charge in [-0.2, -0.15) is 0 Å². The second-order valence-corrected chi connectivity index (χ2v) is 6.98. The number of rotatable bonds is 6. The molecule has 6 nitrogen and oxygen atoms in total. The van der Waals surface area contributed by atoms with Crippen molar-refractivity contribution in [1.82, 2.24) is 0 Å². The van der Waals surface area contributed by atoms with Crippen molar-refractivity contribution in [2.45, 2.75) is 25.7 Å². The lowest BCUT2D eigenvalue weighted by atomic mass is 10.1. The predicted octanol–water partition coefficient (Wildman–Crippen LogP) is 2.60. The van der Waals surface area contributed by atoms with Crippen molar-refractivity contribution in [3.8, 4) is 5.75 Å². The van der Waals surface area contributed by atoms with Crippen LogP contribution in [0.5, 0.6) is 5.75 Å². The number of amides is 1. The fraction of sp³-hybridized carbons (Fsp3) is 0.235. The third kappa shape index (κ3) is 3.68. The summed E-state index contributed by atoms with van der Waals surface area (Å²) in [6.45, 7) is 5.83. The summed E-state index contributed by atoms with van der Waals surface area (Å²) in [5.41, 5.74) is 6.81. The van der Waals surface area contributed by atoms with Crippen molar-refractivity contribution in [3.63, 3.8) is 0 Å². The van der Waals surface area contributed by atoms with Gasteiger partial charge in [-0.15, -0.1) is 0 Å². The number of hydrogen-bond donors (Lipinski definition) is 2. The number of carbonyl (C=O) groups is 1. The Morgan fingerprint density at radius 1 is 1.17 bits per heavy atom. The van der Waals surface area contributed by atoms with Crippen LogP contribution in [0.15, 0.2) is 41.3 Å². The van der Waals surface area contributed by atoms with E-state index in [9.17, 15) is 13.2 Å². The molecular formula is C17H20N2O4S. The number of benzene rings is 2. The minimum Gasteiger partial charge on any atom is -0.494 e. The van der Waals surface area contributed by atoms with E-state index in [1.54, 1.807) is 38.1 Å². The second-order valence-electron chi connectivity index (χ2n) is 5.33. The molecule has 0 aliphatic heterocycles. The molecule has 0 atom stereocenters. The molecule has 0 bridgehead atoms. The van der Waals surface area contributed by atoms with Crippen LogP contribution in [-0.2, 0) is 10.0 Å². The van der Waals surface area contributed by atoms with E-state index < -0.39 is 15.9 Å². The molecule has 0 fully saturated rings. The minimum absolute atomic E-state index is 0.112. The van der Waals surface area contributed by atoms with Crippen LogP contribution >= 0.6 is 0 Å². The molecule has 2 rings (SSSR count). The maximum absolute atomic E-state index is 12.7. The van der Waals surface area contributed by atoms with Gasteiger partial charge in [-0.25, -0.2) is 8.42 Å². The number of aryl methyl sites for hydroxylation is 2. The van der Waals surface area contributed by atoms with Crippen LogP contribution in [0.4, 0.5) is 5.69 Å². The van der Waals surface area contributed by atoms with Gasteiger partial charge in [-0.3, -0.25) is 9.52 Å². The monoisotopic (exact) mass is 348 g/mol. The van der Waals surface area contributed by atoms with Gasteiger partial charge in [0.05, 0.1) is 22.8 Å². The average molecular weight is 348 g/mol. The van der Waals surface area contributed by atoms with Crippen molar-refractivity contribution in [2.24, 2.45) is 5.73 Å². The van der Waals surface area contributed by atoms with Crippen molar-refractivity contribution >= 4 is 21.6 Å². The molecule has 24 heavy (non-hydrogen) atoms. The van der Waals surface area contributed by atoms with Gasteiger partial charge in [0, 0.05) is 0 Å². The van der Waals surface area contributed by atoms with Crippen molar-refractivity contribution in [2.75, 3.05) is 11.3 Å². The average Bonchev–Trinajstić information content (AvgIpc) is 2.50. The first kappa shape index (κ1) is 17.8. The number of nitrogens with two attached hydrogens (primary N) is 1. The number of ether oxygens (including phenoxy) is 1. The predicted molar refractivity (Wildman–Crippen MR) is 92.9 cm³/mol. The van der Waals surface area contributed by atoms with Gasteiger partial charge in [0.1, 0.15) is 5.75 Å². The molecule has 1 amide bonds. The molecule has 2 aromatic carbocycles. The Bertz CT molecular complexity index is 876. The second kappa shape index (κ2) is 6.92. The standard InChI is InChI=1S/C17H20N2O4S/c1-4-23-15-9-12(3)16(10-11(15)2)24(21,22)19-14-8-6-5-7-13(14)17(18)20/h5-10,19H,4H2,1-3H3,(H2,18,20). The largest absolute Gasteiger partial charge is 0.494 e. The van der Waals surface area contributed by atoms with Crippen LogP contribution in [0.3, 0.4) is 0 Å². The van der Waals surface area contributed by atoms with Crippen LogP contribution in [-0.4, -0.2) is 20.9 Å². The van der Waals surface area contributed by atoms with Gasteiger partial charge in [0.2, 0.25) is 0 Å². The highest BCUT2D eigenvalue weighted by atomic mass is 32.2. The van der Waals surface area contributed by atoms with E-state index in [0.717, 1.165) is 0 Å². The van der Waals surface area contributed by atoms with Crippen LogP contribution in [0, 0.1) is 13.8 Å². The Balaban J connectivity index is 2.45. The zero-order valence-electron chi connectivity index (χ0n) is 13.8. The van der Waals surface area contributed by atoms with E-state index in [0.29, 0.717) is 23.5 Å². The molecule has 7 heteroatoms. The zero-order valence-corrected chi connectivity index (χ0v) is 14.6. The Hall–Kier alpha value is -2.54. The molecule has 0 aromatic heterocycles. The highest BCUT2D eigenvalue weighted by molar-refractivity contribution is 7.92. The summed E-state index contributed by atoms with van der Waals surface area (Å²) < 4.78 is 33.3. The first-order valence-electron chi connectivity index (χ1n) is 7.42. The third-order valence-electron chi connectivity index (χ3n) is 3.50. The summed E-state index contributed by atoms with van der Waals surface area (Å²) in [5, 5.41) is 0. The number of sulfonamides is 1. The van der Waals surface area contributed by atoms with E-state index in [1.807, 2.05) is 6.92 Å². The fourth-order valence-electron chi connectivity index (χ4n) is 2.35. The lowest BCUT2D eigenvalue weighted by molar-refractivity contribution is 0.100. The summed E-state index contributed by atoms with van der Waals surface area (Å²) in [7, 11) is -3.87. The minimum atomic E-state index is -3.87. The highest BCUT2D eigenvalue weighted by Crippen LogP contribution is 2.28. The number of carbonyl (C=O) groups excluding carboxylic acids is 1. The van der Waals surface area contributed by atoms with E-state index >= 15 is 0 Å². The third-order valence-corrected chi connectivity index (χ3v) is 5.01. The van der Waals surface area contributed by atoms with Gasteiger partial charge in [-0.05, 0) is 56.2 Å². The maximum Gasteiger partial charge on any atom is 0.262 e. The van der Waals surface area contributed by atoms with Crippen molar-refractivity contribution in [1.29, 1.82) is 0 Å². The lowest BCUT2D eigenvalue weighted by Gasteiger charge is -2.15. The van der Waals surface area contributed by atoms with Gasteiger partial charge < -0.3 is 10.5 Å². The summed E-state index contributed by atoms with van der Waals surface area (Å²) >= 11 is 0. The van der Waals surface area contributed by atoms with E-state index in [1.165, 1.54) is 12.1 Å². The molecule has 0 spiro atoms.